The van der Waals surface area contributed by atoms with Gasteiger partial charge in [-0.1, -0.05) is 6.92 Å². The van der Waals surface area contributed by atoms with Gasteiger partial charge in [0.25, 0.3) is 0 Å². The number of hydrogen-bond donors (Lipinski definition) is 0. The van der Waals surface area contributed by atoms with Gasteiger partial charge in [-0.05, 0) is 12.8 Å². The molecule has 0 aromatic rings. The van der Waals surface area contributed by atoms with Crippen LogP contribution in [0.25, 0.3) is 0 Å². The van der Waals surface area contributed by atoms with Crippen molar-refractivity contribution in [2.45, 2.75) is 50.2 Å². The van der Waals surface area contributed by atoms with Gasteiger partial charge in [0.1, 0.15) is 12.4 Å². The molecular formula is C14H19F3O4. The van der Waals surface area contributed by atoms with Gasteiger partial charge in [0.2, 0.25) is 0 Å². The van der Waals surface area contributed by atoms with Gasteiger partial charge in [-0.25, -0.2) is 0 Å². The zero-order valence-electron chi connectivity index (χ0n) is 11.8. The third kappa shape index (κ3) is 3.40. The number of halogens is 3. The number of rotatable bonds is 5. The summed E-state index contributed by atoms with van der Waals surface area (Å²) >= 11 is 0. The highest BCUT2D eigenvalue weighted by Gasteiger charge is 2.63. The van der Waals surface area contributed by atoms with Crippen LogP contribution in [-0.2, 0) is 19.0 Å². The summed E-state index contributed by atoms with van der Waals surface area (Å²) in [6.45, 7) is 1.37. The number of Topliss-reactive ketones (excluding diaryl/α,β-unsaturated/α-hetero) is 1. The standard InChI is InChI=1S/C14H19F3O4/c1-8-5-13(6-20-13)9(4-10(8)18)12-11(21-12)2-3-19-7-14(15,16)17/h8-9,11-12H,2-7H2,1H3. The number of carbonyl (C=O) groups excluding carboxylic acids is 1. The first-order valence-electron chi connectivity index (χ1n) is 7.27. The fraction of sp³-hybridized carbons (Fsp3) is 0.929. The predicted molar refractivity (Wildman–Crippen MR) is 65.7 cm³/mol. The van der Waals surface area contributed by atoms with E-state index in [9.17, 15) is 18.0 Å². The Labute approximate surface area is 120 Å². The molecule has 2 saturated heterocycles. The molecule has 0 amide bonds. The number of ether oxygens (including phenoxy) is 3. The molecule has 1 aliphatic carbocycles. The minimum Gasteiger partial charge on any atom is -0.372 e. The molecule has 2 aliphatic heterocycles. The highest BCUT2D eigenvalue weighted by Crippen LogP contribution is 2.53. The van der Waals surface area contributed by atoms with Crippen molar-refractivity contribution in [3.63, 3.8) is 0 Å². The summed E-state index contributed by atoms with van der Waals surface area (Å²) in [7, 11) is 0. The van der Waals surface area contributed by atoms with E-state index in [1.807, 2.05) is 6.92 Å². The van der Waals surface area contributed by atoms with E-state index in [1.165, 1.54) is 0 Å². The number of alkyl halides is 3. The van der Waals surface area contributed by atoms with Crippen molar-refractivity contribution in [2.75, 3.05) is 19.8 Å². The third-order valence-electron chi connectivity index (χ3n) is 4.64. The van der Waals surface area contributed by atoms with Crippen molar-refractivity contribution in [1.82, 2.24) is 0 Å². The summed E-state index contributed by atoms with van der Waals surface area (Å²) < 4.78 is 51.5. The SMILES string of the molecule is CC1CC2(CO2)C(C2OC2CCOCC(F)(F)F)CC1=O. The molecule has 2 heterocycles. The fourth-order valence-corrected chi connectivity index (χ4v) is 3.36. The quantitative estimate of drug-likeness (QED) is 0.576. The van der Waals surface area contributed by atoms with Crippen LogP contribution in [0.3, 0.4) is 0 Å². The van der Waals surface area contributed by atoms with Crippen molar-refractivity contribution in [2.24, 2.45) is 11.8 Å². The monoisotopic (exact) mass is 308 g/mol. The van der Waals surface area contributed by atoms with Gasteiger partial charge < -0.3 is 14.2 Å². The molecule has 120 valence electrons. The Morgan fingerprint density at radius 3 is 2.76 bits per heavy atom. The van der Waals surface area contributed by atoms with Crippen molar-refractivity contribution in [3.8, 4) is 0 Å². The molecular weight excluding hydrogens is 289 g/mol. The molecule has 3 fully saturated rings. The van der Waals surface area contributed by atoms with Crippen molar-refractivity contribution < 1.29 is 32.2 Å². The van der Waals surface area contributed by atoms with E-state index in [4.69, 9.17) is 9.47 Å². The second-order valence-electron chi connectivity index (χ2n) is 6.33. The lowest BCUT2D eigenvalue weighted by molar-refractivity contribution is -0.174. The van der Waals surface area contributed by atoms with Crippen molar-refractivity contribution in [3.05, 3.63) is 0 Å². The second-order valence-corrected chi connectivity index (χ2v) is 6.33. The lowest BCUT2D eigenvalue weighted by Crippen LogP contribution is -2.40. The first kappa shape index (κ1) is 15.2. The van der Waals surface area contributed by atoms with Crippen LogP contribution in [-0.4, -0.2) is 49.6 Å². The van der Waals surface area contributed by atoms with Crippen LogP contribution in [0.15, 0.2) is 0 Å². The van der Waals surface area contributed by atoms with E-state index in [1.54, 1.807) is 0 Å². The normalized spacial score (nSPS) is 42.4. The summed E-state index contributed by atoms with van der Waals surface area (Å²) in [5.41, 5.74) is -0.223. The predicted octanol–water partition coefficient (Wildman–Crippen LogP) is 2.11. The van der Waals surface area contributed by atoms with Gasteiger partial charge in [-0.3, -0.25) is 4.79 Å². The maximum absolute atomic E-state index is 11.9. The number of hydrogen-bond acceptors (Lipinski definition) is 4. The Morgan fingerprint density at radius 1 is 1.43 bits per heavy atom. The first-order chi connectivity index (χ1) is 9.81. The fourth-order valence-electron chi connectivity index (χ4n) is 3.36. The van der Waals surface area contributed by atoms with Gasteiger partial charge in [-0.2, -0.15) is 13.2 Å². The molecule has 3 aliphatic rings. The molecule has 3 rings (SSSR count). The lowest BCUT2D eigenvalue weighted by Gasteiger charge is -2.30. The van der Waals surface area contributed by atoms with Crippen molar-refractivity contribution in [1.29, 1.82) is 0 Å². The Kier molecular flexibility index (Phi) is 3.78. The summed E-state index contributed by atoms with van der Waals surface area (Å²) in [5.74, 6) is 0.300. The number of ketones is 1. The van der Waals surface area contributed by atoms with E-state index in [2.05, 4.69) is 4.74 Å². The van der Waals surface area contributed by atoms with E-state index in [0.717, 1.165) is 6.42 Å². The number of epoxide rings is 2. The average Bonchev–Trinajstić information content (AvgIpc) is 3.26. The summed E-state index contributed by atoms with van der Waals surface area (Å²) in [6, 6.07) is 0. The van der Waals surface area contributed by atoms with Gasteiger partial charge in [-0.15, -0.1) is 0 Å². The van der Waals surface area contributed by atoms with E-state index < -0.39 is 12.8 Å². The topological polar surface area (TPSA) is 51.4 Å². The van der Waals surface area contributed by atoms with Crippen LogP contribution in [0.5, 0.6) is 0 Å². The maximum Gasteiger partial charge on any atom is 0.411 e. The Bertz CT molecular complexity index is 419. The summed E-state index contributed by atoms with van der Waals surface area (Å²) in [4.78, 5) is 11.9. The molecule has 21 heavy (non-hydrogen) atoms. The van der Waals surface area contributed by atoms with E-state index in [-0.39, 0.29) is 42.0 Å². The third-order valence-corrected chi connectivity index (χ3v) is 4.64. The molecule has 4 nitrogen and oxygen atoms in total. The van der Waals surface area contributed by atoms with Crippen LogP contribution in [0.4, 0.5) is 13.2 Å². The lowest BCUT2D eigenvalue weighted by atomic mass is 9.72. The van der Waals surface area contributed by atoms with E-state index in [0.29, 0.717) is 19.4 Å². The maximum atomic E-state index is 11.9. The largest absolute Gasteiger partial charge is 0.411 e. The van der Waals surface area contributed by atoms with Gasteiger partial charge in [0, 0.05) is 24.9 Å². The van der Waals surface area contributed by atoms with Crippen LogP contribution in [0, 0.1) is 11.8 Å². The van der Waals surface area contributed by atoms with E-state index >= 15 is 0 Å². The molecule has 0 bridgehead atoms. The highest BCUT2D eigenvalue weighted by atomic mass is 19.4. The Morgan fingerprint density at radius 2 is 2.14 bits per heavy atom. The molecule has 0 aromatic carbocycles. The minimum atomic E-state index is -4.29. The number of carbonyl (C=O) groups is 1. The molecule has 1 saturated carbocycles. The molecule has 5 atom stereocenters. The Balaban J connectivity index is 1.44. The molecule has 5 unspecified atom stereocenters. The minimum absolute atomic E-state index is 0.0194. The molecule has 1 spiro atoms. The highest BCUT2D eigenvalue weighted by molar-refractivity contribution is 5.82. The molecule has 7 heteroatoms. The van der Waals surface area contributed by atoms with Crippen molar-refractivity contribution >= 4 is 5.78 Å². The second kappa shape index (κ2) is 5.21. The zero-order chi connectivity index (χ0) is 15.3. The first-order valence-corrected chi connectivity index (χ1v) is 7.27. The van der Waals surface area contributed by atoms with Gasteiger partial charge in [0.05, 0.1) is 24.4 Å². The van der Waals surface area contributed by atoms with Crippen LogP contribution in [0.1, 0.15) is 26.2 Å². The van der Waals surface area contributed by atoms with Crippen LogP contribution in [0.2, 0.25) is 0 Å². The van der Waals surface area contributed by atoms with Crippen LogP contribution < -0.4 is 0 Å². The molecule has 0 N–H and O–H groups in total. The smallest absolute Gasteiger partial charge is 0.372 e. The molecule has 0 radical (unpaired) electrons. The Hall–Kier alpha value is -0.660. The average molecular weight is 308 g/mol. The zero-order valence-corrected chi connectivity index (χ0v) is 11.8. The van der Waals surface area contributed by atoms with Crippen LogP contribution >= 0.6 is 0 Å². The van der Waals surface area contributed by atoms with Gasteiger partial charge in [0.15, 0.2) is 0 Å². The summed E-state index contributed by atoms with van der Waals surface area (Å²) in [6.07, 6.45) is -2.86. The molecule has 0 aromatic heterocycles. The van der Waals surface area contributed by atoms with Gasteiger partial charge >= 0.3 is 6.18 Å². The summed E-state index contributed by atoms with van der Waals surface area (Å²) in [5, 5.41) is 0.